The molecule has 0 saturated carbocycles. The second kappa shape index (κ2) is 8.48. The van der Waals surface area contributed by atoms with Crippen molar-refractivity contribution in [3.63, 3.8) is 0 Å². The highest BCUT2D eigenvalue weighted by Gasteiger charge is 2.30. The molecule has 2 heterocycles. The third kappa shape index (κ3) is 4.38. The Bertz CT molecular complexity index is 995. The molecule has 0 atom stereocenters. The Morgan fingerprint density at radius 2 is 1.30 bits per heavy atom. The maximum atomic E-state index is 11.5. The van der Waals surface area contributed by atoms with Crippen LogP contribution in [0.1, 0.15) is 16.6 Å². The highest BCUT2D eigenvalue weighted by molar-refractivity contribution is 8.04. The Hall–Kier alpha value is -1.79. The first kappa shape index (κ1) is 18.6. The standard InChI is InChI=1S/C22H17OS4/c1-16(23)19-12-13-20(24-19)25-21-14-15-22(26-21)27(17-8-4-2-5-9-17)18-10-6-3-7-11-18/h2-15H,1H3/q+1. The van der Waals surface area contributed by atoms with Crippen LogP contribution in [-0.2, 0) is 10.9 Å². The van der Waals surface area contributed by atoms with Gasteiger partial charge in [0.15, 0.2) is 15.6 Å². The fourth-order valence-corrected chi connectivity index (χ4v) is 8.89. The van der Waals surface area contributed by atoms with E-state index < -0.39 is 0 Å². The molecule has 0 amide bonds. The van der Waals surface area contributed by atoms with Gasteiger partial charge in [-0.1, -0.05) is 59.5 Å². The summed E-state index contributed by atoms with van der Waals surface area (Å²) in [6.07, 6.45) is 0. The minimum atomic E-state index is -0.0994. The van der Waals surface area contributed by atoms with Crippen LogP contribution in [0.25, 0.3) is 0 Å². The van der Waals surface area contributed by atoms with Crippen molar-refractivity contribution in [3.8, 4) is 0 Å². The van der Waals surface area contributed by atoms with Crippen molar-refractivity contribution in [2.75, 3.05) is 0 Å². The Morgan fingerprint density at radius 3 is 1.85 bits per heavy atom. The summed E-state index contributed by atoms with van der Waals surface area (Å²) in [7, 11) is -0.0994. The van der Waals surface area contributed by atoms with Gasteiger partial charge in [-0.2, -0.15) is 0 Å². The number of Topliss-reactive ketones (excluding diaryl/α,β-unsaturated/α-hetero) is 1. The molecule has 0 spiro atoms. The van der Waals surface area contributed by atoms with Crippen LogP contribution in [-0.4, -0.2) is 5.78 Å². The zero-order chi connectivity index (χ0) is 18.6. The van der Waals surface area contributed by atoms with Gasteiger partial charge in [0.2, 0.25) is 4.21 Å². The van der Waals surface area contributed by atoms with Gasteiger partial charge in [-0.15, -0.1) is 11.3 Å². The topological polar surface area (TPSA) is 17.1 Å². The van der Waals surface area contributed by atoms with Gasteiger partial charge in [0.05, 0.1) is 13.3 Å². The van der Waals surface area contributed by atoms with Crippen molar-refractivity contribution >= 4 is 51.1 Å². The second-order valence-electron chi connectivity index (χ2n) is 5.78. The van der Waals surface area contributed by atoms with Crippen molar-refractivity contribution in [2.24, 2.45) is 0 Å². The van der Waals surface area contributed by atoms with Crippen LogP contribution in [0.4, 0.5) is 0 Å². The van der Waals surface area contributed by atoms with E-state index in [0.29, 0.717) is 0 Å². The van der Waals surface area contributed by atoms with Gasteiger partial charge in [-0.3, -0.25) is 4.79 Å². The third-order valence-corrected chi connectivity index (χ3v) is 9.95. The van der Waals surface area contributed by atoms with Crippen LogP contribution in [0.15, 0.2) is 107 Å². The van der Waals surface area contributed by atoms with E-state index in [9.17, 15) is 4.79 Å². The number of hydrogen-bond donors (Lipinski definition) is 0. The molecule has 0 saturated heterocycles. The minimum absolute atomic E-state index is 0.0994. The zero-order valence-corrected chi connectivity index (χ0v) is 17.9. The fourth-order valence-electron chi connectivity index (χ4n) is 2.61. The molecule has 27 heavy (non-hydrogen) atoms. The molecule has 0 bridgehead atoms. The van der Waals surface area contributed by atoms with Crippen LogP contribution in [0.5, 0.6) is 0 Å². The molecule has 2 aromatic carbocycles. The zero-order valence-electron chi connectivity index (χ0n) is 14.6. The minimum Gasteiger partial charge on any atom is -0.294 e. The van der Waals surface area contributed by atoms with Crippen LogP contribution in [0, 0.1) is 0 Å². The summed E-state index contributed by atoms with van der Waals surface area (Å²) in [6, 6.07) is 29.8. The van der Waals surface area contributed by atoms with E-state index in [1.807, 2.05) is 23.5 Å². The molecule has 0 aliphatic carbocycles. The molecular weight excluding hydrogens is 409 g/mol. The van der Waals surface area contributed by atoms with Crippen LogP contribution in [0.3, 0.4) is 0 Å². The summed E-state index contributed by atoms with van der Waals surface area (Å²) < 4.78 is 3.78. The van der Waals surface area contributed by atoms with E-state index in [2.05, 4.69) is 72.8 Å². The molecule has 0 radical (unpaired) electrons. The number of thiophene rings is 2. The van der Waals surface area contributed by atoms with Gasteiger partial charge in [-0.05, 0) is 49.4 Å². The Balaban J connectivity index is 1.65. The predicted molar refractivity (Wildman–Crippen MR) is 118 cm³/mol. The van der Waals surface area contributed by atoms with E-state index in [1.165, 1.54) is 18.2 Å². The molecule has 0 N–H and O–H groups in total. The molecule has 1 nitrogen and oxygen atoms in total. The molecule has 0 fully saturated rings. The van der Waals surface area contributed by atoms with Gasteiger partial charge in [-0.25, -0.2) is 0 Å². The molecule has 0 aliphatic rings. The molecule has 0 unspecified atom stereocenters. The summed E-state index contributed by atoms with van der Waals surface area (Å²) in [5, 5.41) is 0. The first-order chi connectivity index (χ1) is 13.2. The molecular formula is C22H17OS4+. The molecule has 0 aliphatic heterocycles. The molecule has 2 aromatic heterocycles. The Morgan fingerprint density at radius 1 is 0.741 bits per heavy atom. The molecule has 4 rings (SSSR count). The Kier molecular flexibility index (Phi) is 5.83. The lowest BCUT2D eigenvalue weighted by molar-refractivity contribution is 0.102. The van der Waals surface area contributed by atoms with Crippen molar-refractivity contribution in [2.45, 2.75) is 29.3 Å². The first-order valence-corrected chi connectivity index (χ1v) is 12.1. The summed E-state index contributed by atoms with van der Waals surface area (Å²) in [6.45, 7) is 1.62. The summed E-state index contributed by atoms with van der Waals surface area (Å²) in [4.78, 5) is 15.0. The largest absolute Gasteiger partial charge is 0.294 e. The monoisotopic (exact) mass is 425 g/mol. The number of carbonyl (C=O) groups is 1. The highest BCUT2D eigenvalue weighted by Crippen LogP contribution is 2.42. The van der Waals surface area contributed by atoms with E-state index in [4.69, 9.17) is 0 Å². The second-order valence-corrected chi connectivity index (χ2v) is 11.8. The average Bonchev–Trinajstić information content (AvgIpc) is 3.34. The summed E-state index contributed by atoms with van der Waals surface area (Å²) in [5.41, 5.74) is 0. The number of ketones is 1. The SMILES string of the molecule is CC(=O)c1ccc(Sc2ccc([S+](c3ccccc3)c3ccccc3)s2)s1. The lowest BCUT2D eigenvalue weighted by atomic mass is 10.4. The van der Waals surface area contributed by atoms with Gasteiger partial charge < -0.3 is 0 Å². The van der Waals surface area contributed by atoms with Crippen LogP contribution >= 0.6 is 34.4 Å². The van der Waals surface area contributed by atoms with Gasteiger partial charge in [0, 0.05) is 6.07 Å². The first-order valence-electron chi connectivity index (χ1n) is 8.43. The van der Waals surface area contributed by atoms with Crippen molar-refractivity contribution < 1.29 is 4.79 Å². The maximum absolute atomic E-state index is 11.5. The lowest BCUT2D eigenvalue weighted by Gasteiger charge is -2.05. The van der Waals surface area contributed by atoms with Crippen LogP contribution in [0.2, 0.25) is 0 Å². The molecule has 4 aromatic rings. The van der Waals surface area contributed by atoms with E-state index >= 15 is 0 Å². The lowest BCUT2D eigenvalue weighted by Crippen LogP contribution is -2.02. The normalized spacial score (nSPS) is 11.0. The van der Waals surface area contributed by atoms with Gasteiger partial charge in [0.25, 0.3) is 0 Å². The predicted octanol–water partition coefficient (Wildman–Crippen LogP) is 7.26. The highest BCUT2D eigenvalue weighted by atomic mass is 32.2. The van der Waals surface area contributed by atoms with Crippen molar-refractivity contribution in [1.29, 1.82) is 0 Å². The van der Waals surface area contributed by atoms with Gasteiger partial charge >= 0.3 is 0 Å². The fraction of sp³-hybridized carbons (Fsp3) is 0.0455. The molecule has 134 valence electrons. The number of hydrogen-bond acceptors (Lipinski definition) is 4. The molecule has 5 heteroatoms. The average molecular weight is 426 g/mol. The summed E-state index contributed by atoms with van der Waals surface area (Å²) in [5.74, 6) is 0.133. The van der Waals surface area contributed by atoms with Crippen LogP contribution < -0.4 is 0 Å². The number of rotatable bonds is 6. The quantitative estimate of drug-likeness (QED) is 0.239. The summed E-state index contributed by atoms with van der Waals surface area (Å²) >= 11 is 5.15. The Labute approximate surface area is 174 Å². The smallest absolute Gasteiger partial charge is 0.221 e. The third-order valence-electron chi connectivity index (χ3n) is 3.85. The maximum Gasteiger partial charge on any atom is 0.221 e. The van der Waals surface area contributed by atoms with Gasteiger partial charge in [0.1, 0.15) is 10.9 Å². The number of carbonyl (C=O) groups excluding carboxylic acids is 1. The van der Waals surface area contributed by atoms with E-state index in [-0.39, 0.29) is 16.7 Å². The van der Waals surface area contributed by atoms with E-state index in [1.54, 1.807) is 30.0 Å². The number of benzene rings is 2. The van der Waals surface area contributed by atoms with Crippen molar-refractivity contribution in [1.82, 2.24) is 0 Å². The van der Waals surface area contributed by atoms with Crippen molar-refractivity contribution in [3.05, 3.63) is 89.8 Å². The van der Waals surface area contributed by atoms with E-state index in [0.717, 1.165) is 9.09 Å².